The molecular formula is C7H16O3. The van der Waals surface area contributed by atoms with Gasteiger partial charge < -0.3 is 15.3 Å². The Morgan fingerprint density at radius 2 is 1.90 bits per heavy atom. The summed E-state index contributed by atoms with van der Waals surface area (Å²) in [7, 11) is 0. The van der Waals surface area contributed by atoms with Crippen LogP contribution in [0.3, 0.4) is 0 Å². The molecule has 0 bridgehead atoms. The molecule has 0 fully saturated rings. The highest BCUT2D eigenvalue weighted by atomic mass is 16.5. The van der Waals surface area contributed by atoms with Crippen LogP contribution in [-0.4, -0.2) is 27.2 Å². The summed E-state index contributed by atoms with van der Waals surface area (Å²) in [6.45, 7) is 3.55. The average Bonchev–Trinajstić information content (AvgIpc) is 1.85. The van der Waals surface area contributed by atoms with Crippen LogP contribution in [0.1, 0.15) is 33.1 Å². The van der Waals surface area contributed by atoms with Crippen LogP contribution in [0, 0.1) is 0 Å². The van der Waals surface area contributed by atoms with Gasteiger partial charge in [0.15, 0.2) is 6.29 Å². The molecule has 0 saturated carbocycles. The second kappa shape index (κ2) is 3.91. The predicted molar refractivity (Wildman–Crippen MR) is 38.4 cm³/mol. The van der Waals surface area contributed by atoms with Gasteiger partial charge >= 0.3 is 0 Å². The second-order valence-electron chi connectivity index (χ2n) is 2.87. The molecule has 0 aliphatic carbocycles. The van der Waals surface area contributed by atoms with Gasteiger partial charge in [0.2, 0.25) is 0 Å². The van der Waals surface area contributed by atoms with Gasteiger partial charge in [-0.15, -0.1) is 0 Å². The van der Waals surface area contributed by atoms with Crippen LogP contribution in [0.2, 0.25) is 0 Å². The van der Waals surface area contributed by atoms with E-state index in [4.69, 9.17) is 10.2 Å². The fourth-order valence-corrected chi connectivity index (χ4v) is 0.617. The average molecular weight is 148 g/mol. The standard InChI is InChI=1S/C7H16O3/c1-3-7(2,10)5-4-6(8)9/h6,8-10H,3-5H2,1-2H3. The second-order valence-corrected chi connectivity index (χ2v) is 2.87. The molecular weight excluding hydrogens is 132 g/mol. The maximum atomic E-state index is 9.35. The molecule has 3 N–H and O–H groups in total. The molecule has 3 nitrogen and oxygen atoms in total. The van der Waals surface area contributed by atoms with Crippen molar-refractivity contribution in [2.24, 2.45) is 0 Å². The molecule has 0 aromatic rings. The van der Waals surface area contributed by atoms with E-state index < -0.39 is 11.9 Å². The maximum Gasteiger partial charge on any atom is 0.151 e. The zero-order chi connectivity index (χ0) is 8.20. The van der Waals surface area contributed by atoms with Crippen molar-refractivity contribution in [2.75, 3.05) is 0 Å². The first-order chi connectivity index (χ1) is 4.48. The quantitative estimate of drug-likeness (QED) is 0.500. The van der Waals surface area contributed by atoms with Crippen molar-refractivity contribution in [3.05, 3.63) is 0 Å². The lowest BCUT2D eigenvalue weighted by Gasteiger charge is -2.21. The normalized spacial score (nSPS) is 17.4. The summed E-state index contributed by atoms with van der Waals surface area (Å²) in [5.74, 6) is 0. The van der Waals surface area contributed by atoms with Crippen molar-refractivity contribution < 1.29 is 15.3 Å². The van der Waals surface area contributed by atoms with E-state index in [2.05, 4.69) is 0 Å². The molecule has 0 amide bonds. The van der Waals surface area contributed by atoms with Crippen molar-refractivity contribution in [1.29, 1.82) is 0 Å². The lowest BCUT2D eigenvalue weighted by Crippen LogP contribution is -2.24. The van der Waals surface area contributed by atoms with E-state index >= 15 is 0 Å². The highest BCUT2D eigenvalue weighted by Gasteiger charge is 2.17. The van der Waals surface area contributed by atoms with Crippen LogP contribution in [0.25, 0.3) is 0 Å². The van der Waals surface area contributed by atoms with E-state index in [0.29, 0.717) is 12.8 Å². The molecule has 3 heteroatoms. The van der Waals surface area contributed by atoms with Gasteiger partial charge in [-0.1, -0.05) is 6.92 Å². The van der Waals surface area contributed by atoms with E-state index in [9.17, 15) is 5.11 Å². The Bertz CT molecular complexity index is 88.9. The number of hydrogen-bond acceptors (Lipinski definition) is 3. The van der Waals surface area contributed by atoms with Gasteiger partial charge in [0, 0.05) is 6.42 Å². The molecule has 10 heavy (non-hydrogen) atoms. The first-order valence-corrected chi connectivity index (χ1v) is 3.56. The van der Waals surface area contributed by atoms with E-state index in [-0.39, 0.29) is 6.42 Å². The van der Waals surface area contributed by atoms with E-state index in [1.165, 1.54) is 0 Å². The van der Waals surface area contributed by atoms with E-state index in [1.54, 1.807) is 6.92 Å². The number of aliphatic hydroxyl groups excluding tert-OH is 1. The summed E-state index contributed by atoms with van der Waals surface area (Å²) in [4.78, 5) is 0. The monoisotopic (exact) mass is 148 g/mol. The minimum atomic E-state index is -1.29. The highest BCUT2D eigenvalue weighted by Crippen LogP contribution is 2.16. The summed E-state index contributed by atoms with van der Waals surface area (Å²) in [6.07, 6.45) is 0.0138. The summed E-state index contributed by atoms with van der Waals surface area (Å²) in [5, 5.41) is 26.3. The van der Waals surface area contributed by atoms with Crippen LogP contribution in [0.5, 0.6) is 0 Å². The first kappa shape index (κ1) is 9.88. The summed E-state index contributed by atoms with van der Waals surface area (Å²) < 4.78 is 0. The molecule has 0 aliphatic heterocycles. The summed E-state index contributed by atoms with van der Waals surface area (Å²) in [5.41, 5.74) is -0.746. The molecule has 0 heterocycles. The number of aliphatic hydroxyl groups is 3. The molecule has 0 aliphatic rings. The Morgan fingerprint density at radius 1 is 1.40 bits per heavy atom. The molecule has 0 saturated heterocycles. The predicted octanol–water partition coefficient (Wildman–Crippen LogP) is 0.238. The van der Waals surface area contributed by atoms with Crippen LogP contribution < -0.4 is 0 Å². The van der Waals surface area contributed by atoms with Gasteiger partial charge in [0.1, 0.15) is 0 Å². The van der Waals surface area contributed by atoms with E-state index in [0.717, 1.165) is 0 Å². The lowest BCUT2D eigenvalue weighted by molar-refractivity contribution is -0.0644. The SMILES string of the molecule is CCC(C)(O)CCC(O)O. The summed E-state index contributed by atoms with van der Waals surface area (Å²) in [6, 6.07) is 0. The molecule has 1 unspecified atom stereocenters. The van der Waals surface area contributed by atoms with Gasteiger partial charge in [0.25, 0.3) is 0 Å². The van der Waals surface area contributed by atoms with Crippen molar-refractivity contribution >= 4 is 0 Å². The van der Waals surface area contributed by atoms with Gasteiger partial charge in [-0.25, -0.2) is 0 Å². The van der Waals surface area contributed by atoms with Crippen molar-refractivity contribution in [2.45, 2.75) is 45.0 Å². The third-order valence-electron chi connectivity index (χ3n) is 1.70. The van der Waals surface area contributed by atoms with Crippen molar-refractivity contribution in [3.8, 4) is 0 Å². The van der Waals surface area contributed by atoms with Crippen molar-refractivity contribution in [3.63, 3.8) is 0 Å². The molecule has 0 rings (SSSR count). The Labute approximate surface area is 61.3 Å². The first-order valence-electron chi connectivity index (χ1n) is 3.56. The fourth-order valence-electron chi connectivity index (χ4n) is 0.617. The minimum Gasteiger partial charge on any atom is -0.390 e. The van der Waals surface area contributed by atoms with E-state index in [1.807, 2.05) is 6.92 Å². The third-order valence-corrected chi connectivity index (χ3v) is 1.70. The summed E-state index contributed by atoms with van der Waals surface area (Å²) >= 11 is 0. The van der Waals surface area contributed by atoms with Crippen LogP contribution in [0.15, 0.2) is 0 Å². The zero-order valence-electron chi connectivity index (χ0n) is 6.54. The van der Waals surface area contributed by atoms with Crippen LogP contribution in [0.4, 0.5) is 0 Å². The van der Waals surface area contributed by atoms with Gasteiger partial charge in [-0.2, -0.15) is 0 Å². The third kappa shape index (κ3) is 4.73. The molecule has 0 aromatic carbocycles. The highest BCUT2D eigenvalue weighted by molar-refractivity contribution is 4.69. The fraction of sp³-hybridized carbons (Fsp3) is 1.00. The maximum absolute atomic E-state index is 9.35. The van der Waals surface area contributed by atoms with Crippen molar-refractivity contribution in [1.82, 2.24) is 0 Å². The molecule has 1 atom stereocenters. The molecule has 0 radical (unpaired) electrons. The van der Waals surface area contributed by atoms with Crippen LogP contribution >= 0.6 is 0 Å². The number of hydrogen-bond donors (Lipinski definition) is 3. The van der Waals surface area contributed by atoms with Gasteiger partial charge in [-0.05, 0) is 19.8 Å². The molecule has 62 valence electrons. The Balaban J connectivity index is 3.46. The minimum absolute atomic E-state index is 0.237. The lowest BCUT2D eigenvalue weighted by atomic mass is 9.97. The largest absolute Gasteiger partial charge is 0.390 e. The molecule has 0 aromatic heterocycles. The van der Waals surface area contributed by atoms with Gasteiger partial charge in [0.05, 0.1) is 5.60 Å². The zero-order valence-corrected chi connectivity index (χ0v) is 6.54. The molecule has 0 spiro atoms. The Hall–Kier alpha value is -0.120. The Morgan fingerprint density at radius 3 is 2.20 bits per heavy atom. The number of rotatable bonds is 4. The Kier molecular flexibility index (Phi) is 3.86. The van der Waals surface area contributed by atoms with Crippen LogP contribution in [-0.2, 0) is 0 Å². The topological polar surface area (TPSA) is 60.7 Å². The smallest absolute Gasteiger partial charge is 0.151 e. The van der Waals surface area contributed by atoms with Gasteiger partial charge in [-0.3, -0.25) is 0 Å².